The maximum absolute atomic E-state index is 14.0. The van der Waals surface area contributed by atoms with Crippen molar-refractivity contribution in [1.82, 2.24) is 19.0 Å². The first-order chi connectivity index (χ1) is 20.5. The van der Waals surface area contributed by atoms with Crippen molar-refractivity contribution >= 4 is 28.5 Å². The SMILES string of the molecule is CC.CC#Cn1c(N2CCCCC2)c(C(=O)N2CCOCC2)c2ncn(CC(=O)c3cccc(CC4CC4)c3)c(=O)c21. The van der Waals surface area contributed by atoms with Crippen LogP contribution in [0.4, 0.5) is 5.82 Å². The predicted octanol–water partition coefficient (Wildman–Crippen LogP) is 4.35. The van der Waals surface area contributed by atoms with Crippen LogP contribution in [0.15, 0.2) is 35.4 Å². The Morgan fingerprint density at radius 2 is 1.79 bits per heavy atom. The van der Waals surface area contributed by atoms with E-state index < -0.39 is 0 Å². The lowest BCUT2D eigenvalue weighted by Gasteiger charge is -2.31. The van der Waals surface area contributed by atoms with E-state index in [0.717, 1.165) is 50.3 Å². The summed E-state index contributed by atoms with van der Waals surface area (Å²) in [4.78, 5) is 49.8. The zero-order chi connectivity index (χ0) is 29.6. The number of nitrogens with zero attached hydrogens (tertiary/aromatic N) is 5. The molecule has 6 rings (SSSR count). The first-order valence-corrected chi connectivity index (χ1v) is 15.4. The van der Waals surface area contributed by atoms with Gasteiger partial charge in [0.1, 0.15) is 22.4 Å². The number of rotatable bonds is 7. The lowest BCUT2D eigenvalue weighted by molar-refractivity contribution is 0.0304. The molecule has 3 aromatic rings. The number of anilines is 1. The highest BCUT2D eigenvalue weighted by atomic mass is 16.5. The standard InChI is InChI=1S/C31H35N5O4.C2H6/c1-2-11-36-28-27(26(29(36)33-12-4-3-5-13-33)30(38)34-14-16-40-17-15-34)32-21-35(31(28)39)20-25(37)24-8-6-7-23(19-24)18-22-9-10-22;1-2/h6-8,19,21-22H,3-5,9-10,12-18,20H2,1H3;1-2H3. The Hall–Kier alpha value is -3.90. The molecule has 4 heterocycles. The molecule has 1 saturated carbocycles. The van der Waals surface area contributed by atoms with Crippen molar-refractivity contribution in [1.29, 1.82) is 0 Å². The number of hydrogen-bond donors (Lipinski definition) is 0. The average Bonchev–Trinajstić information content (AvgIpc) is 3.79. The van der Waals surface area contributed by atoms with Crippen LogP contribution in [0, 0.1) is 17.9 Å². The van der Waals surface area contributed by atoms with Gasteiger partial charge in [-0.3, -0.25) is 19.0 Å². The highest BCUT2D eigenvalue weighted by Crippen LogP contribution is 2.34. The van der Waals surface area contributed by atoms with Gasteiger partial charge < -0.3 is 14.5 Å². The Bertz CT molecular complexity index is 1560. The van der Waals surface area contributed by atoms with Gasteiger partial charge in [-0.1, -0.05) is 38.0 Å². The summed E-state index contributed by atoms with van der Waals surface area (Å²) in [6, 6.07) is 10.8. The summed E-state index contributed by atoms with van der Waals surface area (Å²) in [5.41, 5.74) is 2.34. The van der Waals surface area contributed by atoms with Crippen molar-refractivity contribution in [3.63, 3.8) is 0 Å². The van der Waals surface area contributed by atoms with Crippen LogP contribution >= 0.6 is 0 Å². The molecule has 0 unspecified atom stereocenters. The molecule has 0 spiro atoms. The number of morpholine rings is 1. The molecule has 3 fully saturated rings. The summed E-state index contributed by atoms with van der Waals surface area (Å²) in [5.74, 6) is 3.95. The van der Waals surface area contributed by atoms with Crippen molar-refractivity contribution in [3.05, 3.63) is 57.6 Å². The van der Waals surface area contributed by atoms with E-state index in [9.17, 15) is 14.4 Å². The fraction of sp³-hybridized carbons (Fsp3) is 0.515. The highest BCUT2D eigenvalue weighted by molar-refractivity contribution is 6.11. The van der Waals surface area contributed by atoms with Crippen LogP contribution in [-0.4, -0.2) is 70.1 Å². The predicted molar refractivity (Wildman–Crippen MR) is 164 cm³/mol. The number of amides is 1. The molecule has 0 bridgehead atoms. The molecule has 2 aromatic heterocycles. The van der Waals surface area contributed by atoms with E-state index in [1.165, 1.54) is 23.7 Å². The summed E-state index contributed by atoms with van der Waals surface area (Å²) in [6.07, 6.45) is 7.99. The van der Waals surface area contributed by atoms with Gasteiger partial charge in [0.2, 0.25) is 0 Å². The summed E-state index contributed by atoms with van der Waals surface area (Å²) >= 11 is 0. The number of benzene rings is 1. The first kappa shape index (κ1) is 29.6. The molecule has 9 nitrogen and oxygen atoms in total. The van der Waals surface area contributed by atoms with E-state index in [1.807, 2.05) is 26.0 Å². The molecular formula is C33H41N5O4. The minimum Gasteiger partial charge on any atom is -0.378 e. The van der Waals surface area contributed by atoms with Crippen LogP contribution in [-0.2, 0) is 17.7 Å². The number of carbonyl (C=O) groups excluding carboxylic acids is 2. The van der Waals surface area contributed by atoms with Gasteiger partial charge in [0.25, 0.3) is 11.5 Å². The third-order valence-corrected chi connectivity index (χ3v) is 8.09. The van der Waals surface area contributed by atoms with E-state index in [4.69, 9.17) is 4.74 Å². The fourth-order valence-electron chi connectivity index (χ4n) is 5.82. The minimum absolute atomic E-state index is 0.134. The van der Waals surface area contributed by atoms with Gasteiger partial charge in [-0.25, -0.2) is 9.55 Å². The summed E-state index contributed by atoms with van der Waals surface area (Å²) in [6.45, 7) is 9.04. The number of piperidine rings is 1. The molecule has 222 valence electrons. The largest absolute Gasteiger partial charge is 0.378 e. The van der Waals surface area contributed by atoms with Gasteiger partial charge in [0.15, 0.2) is 5.78 Å². The Balaban J connectivity index is 0.00000173. The second kappa shape index (κ2) is 13.4. The Kier molecular flexibility index (Phi) is 9.43. The van der Waals surface area contributed by atoms with Crippen LogP contribution < -0.4 is 10.5 Å². The van der Waals surface area contributed by atoms with Crippen LogP contribution in [0.3, 0.4) is 0 Å². The number of aromatic nitrogens is 3. The van der Waals surface area contributed by atoms with Crippen molar-refractivity contribution in [2.24, 2.45) is 5.92 Å². The van der Waals surface area contributed by atoms with Gasteiger partial charge in [-0.15, -0.1) is 0 Å². The van der Waals surface area contributed by atoms with Crippen molar-refractivity contribution < 1.29 is 14.3 Å². The Labute approximate surface area is 247 Å². The van der Waals surface area contributed by atoms with Gasteiger partial charge in [-0.2, -0.15) is 0 Å². The van der Waals surface area contributed by atoms with E-state index in [-0.39, 0.29) is 29.3 Å². The maximum Gasteiger partial charge on any atom is 0.279 e. The first-order valence-electron chi connectivity index (χ1n) is 15.4. The minimum atomic E-state index is -0.380. The Morgan fingerprint density at radius 3 is 2.48 bits per heavy atom. The lowest BCUT2D eigenvalue weighted by Crippen LogP contribution is -2.41. The van der Waals surface area contributed by atoms with Crippen molar-refractivity contribution in [2.75, 3.05) is 44.3 Å². The lowest BCUT2D eigenvalue weighted by atomic mass is 10.0. The van der Waals surface area contributed by atoms with E-state index in [2.05, 4.69) is 27.9 Å². The molecule has 2 saturated heterocycles. The zero-order valence-electron chi connectivity index (χ0n) is 25.0. The molecule has 2 aliphatic heterocycles. The molecule has 1 aromatic carbocycles. The van der Waals surface area contributed by atoms with Crippen molar-refractivity contribution in [2.45, 2.75) is 65.8 Å². The van der Waals surface area contributed by atoms with E-state index in [0.29, 0.717) is 48.8 Å². The summed E-state index contributed by atoms with van der Waals surface area (Å²) in [7, 11) is 0. The average molecular weight is 572 g/mol. The molecule has 1 amide bonds. The third-order valence-electron chi connectivity index (χ3n) is 8.09. The topological polar surface area (TPSA) is 89.7 Å². The number of ether oxygens (including phenoxy) is 1. The summed E-state index contributed by atoms with van der Waals surface area (Å²) < 4.78 is 8.45. The molecule has 0 atom stereocenters. The molecular weight excluding hydrogens is 530 g/mol. The van der Waals surface area contributed by atoms with E-state index in [1.54, 1.807) is 22.5 Å². The fourth-order valence-corrected chi connectivity index (χ4v) is 5.82. The third kappa shape index (κ3) is 6.14. The van der Waals surface area contributed by atoms with Crippen LogP contribution in [0.1, 0.15) is 79.2 Å². The molecule has 9 heteroatoms. The zero-order valence-corrected chi connectivity index (χ0v) is 25.0. The number of hydrogen-bond acceptors (Lipinski definition) is 6. The van der Waals surface area contributed by atoms with Gasteiger partial charge in [0, 0.05) is 37.8 Å². The van der Waals surface area contributed by atoms with Crippen LogP contribution in [0.25, 0.3) is 11.0 Å². The molecule has 0 radical (unpaired) electrons. The molecule has 1 aliphatic carbocycles. The quantitative estimate of drug-likeness (QED) is 0.310. The molecule has 3 aliphatic rings. The number of Topliss-reactive ketones (excluding diaryl/α,β-unsaturated/α-hetero) is 1. The van der Waals surface area contributed by atoms with Gasteiger partial charge >= 0.3 is 0 Å². The number of carbonyl (C=O) groups is 2. The molecule has 0 N–H and O–H groups in total. The highest BCUT2D eigenvalue weighted by Gasteiger charge is 2.33. The van der Waals surface area contributed by atoms with Crippen LogP contribution in [0.5, 0.6) is 0 Å². The number of ketones is 1. The van der Waals surface area contributed by atoms with E-state index >= 15 is 0 Å². The van der Waals surface area contributed by atoms with Gasteiger partial charge in [-0.05, 0) is 63.0 Å². The normalized spacial score (nSPS) is 16.8. The summed E-state index contributed by atoms with van der Waals surface area (Å²) in [5, 5.41) is 0. The smallest absolute Gasteiger partial charge is 0.279 e. The number of fused-ring (bicyclic) bond motifs is 1. The second-order valence-corrected chi connectivity index (χ2v) is 11.0. The van der Waals surface area contributed by atoms with Crippen LogP contribution in [0.2, 0.25) is 0 Å². The van der Waals surface area contributed by atoms with Crippen molar-refractivity contribution in [3.8, 4) is 12.0 Å². The maximum atomic E-state index is 14.0. The van der Waals surface area contributed by atoms with Gasteiger partial charge in [0.05, 0.1) is 26.1 Å². The molecule has 42 heavy (non-hydrogen) atoms. The second-order valence-electron chi connectivity index (χ2n) is 11.0. The Morgan fingerprint density at radius 1 is 1.05 bits per heavy atom. The monoisotopic (exact) mass is 571 g/mol.